The maximum absolute atomic E-state index is 5.98. The summed E-state index contributed by atoms with van der Waals surface area (Å²) in [7, 11) is 0. The maximum Gasteiger partial charge on any atom is 0.142 e. The van der Waals surface area contributed by atoms with Crippen molar-refractivity contribution in [3.63, 3.8) is 0 Å². The van der Waals surface area contributed by atoms with Gasteiger partial charge in [-0.2, -0.15) is 0 Å². The van der Waals surface area contributed by atoms with Crippen molar-refractivity contribution in [2.24, 2.45) is 5.16 Å². The third-order valence-electron chi connectivity index (χ3n) is 2.77. The quantitative estimate of drug-likeness (QED) is 0.586. The molecule has 0 bridgehead atoms. The van der Waals surface area contributed by atoms with Gasteiger partial charge in [0.25, 0.3) is 0 Å². The van der Waals surface area contributed by atoms with Crippen LogP contribution in [-0.2, 0) is 17.9 Å². The normalized spacial score (nSPS) is 10.8. The Balaban J connectivity index is 1.87. The van der Waals surface area contributed by atoms with Crippen LogP contribution in [0.2, 0.25) is 5.02 Å². The molecule has 0 aliphatic heterocycles. The second-order valence-corrected chi connectivity index (χ2v) is 4.53. The van der Waals surface area contributed by atoms with Crippen molar-refractivity contribution in [2.75, 3.05) is 0 Å². The minimum Gasteiger partial charge on any atom is -0.390 e. The van der Waals surface area contributed by atoms with Crippen LogP contribution in [0, 0.1) is 0 Å². The Morgan fingerprint density at radius 2 is 1.74 bits per heavy atom. The van der Waals surface area contributed by atoms with Gasteiger partial charge in [-0.15, -0.1) is 0 Å². The molecule has 0 atom stereocenters. The Labute approximate surface area is 118 Å². The predicted octanol–water partition coefficient (Wildman–Crippen LogP) is 4.33. The highest BCUT2D eigenvalue weighted by molar-refractivity contribution is 6.33. The van der Waals surface area contributed by atoms with Gasteiger partial charge >= 0.3 is 0 Å². The molecule has 0 spiro atoms. The van der Waals surface area contributed by atoms with Gasteiger partial charge in [-0.25, -0.2) is 0 Å². The van der Waals surface area contributed by atoms with Crippen LogP contribution in [0.4, 0.5) is 0 Å². The molecule has 2 aromatic rings. The summed E-state index contributed by atoms with van der Waals surface area (Å²) in [5, 5.41) is 4.42. The van der Waals surface area contributed by atoms with Crippen LogP contribution in [0.3, 0.4) is 0 Å². The fraction of sp³-hybridized carbons (Fsp3) is 0.188. The standard InChI is InChI=1S/C16H15ClNO/c1-2-13-7-9-14(10-8-13)12-19-18-11-15-5-3-4-6-16(15)17/h3-10H,2,12H2,1H3. The van der Waals surface area contributed by atoms with Gasteiger partial charge < -0.3 is 4.84 Å². The van der Waals surface area contributed by atoms with Crippen LogP contribution >= 0.6 is 11.6 Å². The van der Waals surface area contributed by atoms with Gasteiger partial charge in [-0.3, -0.25) is 0 Å². The first-order chi connectivity index (χ1) is 9.29. The van der Waals surface area contributed by atoms with Crippen LogP contribution in [0.25, 0.3) is 0 Å². The van der Waals surface area contributed by atoms with Crippen molar-refractivity contribution in [3.8, 4) is 0 Å². The van der Waals surface area contributed by atoms with E-state index in [1.54, 1.807) is 6.07 Å². The largest absolute Gasteiger partial charge is 0.390 e. The van der Waals surface area contributed by atoms with Crippen molar-refractivity contribution in [1.82, 2.24) is 0 Å². The van der Waals surface area contributed by atoms with Gasteiger partial charge in [-0.05, 0) is 23.6 Å². The van der Waals surface area contributed by atoms with Crippen molar-refractivity contribution < 1.29 is 4.84 Å². The smallest absolute Gasteiger partial charge is 0.142 e. The zero-order valence-corrected chi connectivity index (χ0v) is 11.5. The Bertz CT molecular complexity index is 549. The Morgan fingerprint density at radius 3 is 2.42 bits per heavy atom. The molecule has 97 valence electrons. The topological polar surface area (TPSA) is 21.6 Å². The lowest BCUT2D eigenvalue weighted by Gasteiger charge is -2.01. The Kier molecular flexibility index (Phi) is 4.99. The molecule has 0 aliphatic carbocycles. The lowest BCUT2D eigenvalue weighted by Crippen LogP contribution is -1.89. The molecule has 2 rings (SSSR count). The summed E-state index contributed by atoms with van der Waals surface area (Å²) < 4.78 is 0. The van der Waals surface area contributed by atoms with Crippen LogP contribution < -0.4 is 0 Å². The molecule has 0 saturated heterocycles. The van der Waals surface area contributed by atoms with Gasteiger partial charge in [0.2, 0.25) is 0 Å². The average Bonchev–Trinajstić information content (AvgIpc) is 2.46. The highest BCUT2D eigenvalue weighted by Crippen LogP contribution is 2.12. The summed E-state index contributed by atoms with van der Waals surface area (Å²) in [5.41, 5.74) is 3.13. The molecule has 0 N–H and O–H groups in total. The number of nitrogens with zero attached hydrogens (tertiary/aromatic N) is 1. The molecule has 0 saturated carbocycles. The minimum atomic E-state index is 0.432. The SMILES string of the molecule is CCc1ccc(CO/N=[C]\c2ccccc2Cl)cc1. The summed E-state index contributed by atoms with van der Waals surface area (Å²) in [5.74, 6) is 0. The van der Waals surface area contributed by atoms with E-state index in [1.807, 2.05) is 30.3 Å². The third kappa shape index (κ3) is 4.11. The zero-order chi connectivity index (χ0) is 13.5. The molecule has 2 nitrogen and oxygen atoms in total. The molecule has 19 heavy (non-hydrogen) atoms. The van der Waals surface area contributed by atoms with E-state index in [0.29, 0.717) is 11.6 Å². The summed E-state index contributed by atoms with van der Waals surface area (Å²) >= 11 is 5.98. The van der Waals surface area contributed by atoms with Gasteiger partial charge in [-0.1, -0.05) is 66.1 Å². The molecule has 0 fully saturated rings. The summed E-state index contributed by atoms with van der Waals surface area (Å²) in [6.07, 6.45) is 3.82. The number of rotatable bonds is 5. The van der Waals surface area contributed by atoms with Crippen LogP contribution in [-0.4, -0.2) is 6.21 Å². The van der Waals surface area contributed by atoms with E-state index in [1.165, 1.54) is 5.56 Å². The van der Waals surface area contributed by atoms with Crippen LogP contribution in [0.5, 0.6) is 0 Å². The predicted molar refractivity (Wildman–Crippen MR) is 78.6 cm³/mol. The van der Waals surface area contributed by atoms with Crippen molar-refractivity contribution >= 4 is 17.8 Å². The molecular weight excluding hydrogens is 258 g/mol. The van der Waals surface area contributed by atoms with Crippen LogP contribution in [0.15, 0.2) is 53.7 Å². The van der Waals surface area contributed by atoms with E-state index >= 15 is 0 Å². The van der Waals surface area contributed by atoms with E-state index in [4.69, 9.17) is 16.4 Å². The van der Waals surface area contributed by atoms with Gasteiger partial charge in [0.15, 0.2) is 0 Å². The molecule has 3 heteroatoms. The van der Waals surface area contributed by atoms with E-state index in [9.17, 15) is 0 Å². The van der Waals surface area contributed by atoms with Crippen molar-refractivity contribution in [3.05, 3.63) is 70.2 Å². The maximum atomic E-state index is 5.98. The molecule has 0 aromatic heterocycles. The second-order valence-electron chi connectivity index (χ2n) is 4.13. The lowest BCUT2D eigenvalue weighted by molar-refractivity contribution is 0.132. The van der Waals surface area contributed by atoms with Gasteiger partial charge in [0.1, 0.15) is 12.8 Å². The van der Waals surface area contributed by atoms with E-state index < -0.39 is 0 Å². The first-order valence-corrected chi connectivity index (χ1v) is 6.57. The summed E-state index contributed by atoms with van der Waals surface area (Å²) in [6.45, 7) is 2.57. The average molecular weight is 273 g/mol. The molecule has 2 aromatic carbocycles. The molecule has 0 unspecified atom stereocenters. The molecule has 0 heterocycles. The fourth-order valence-electron chi connectivity index (χ4n) is 1.61. The summed E-state index contributed by atoms with van der Waals surface area (Å²) in [6, 6.07) is 15.7. The number of hydrogen-bond acceptors (Lipinski definition) is 2. The number of hydrogen-bond donors (Lipinski definition) is 0. The lowest BCUT2D eigenvalue weighted by atomic mass is 10.1. The molecule has 0 amide bonds. The Hall–Kier alpha value is -1.80. The third-order valence-corrected chi connectivity index (χ3v) is 3.10. The van der Waals surface area contributed by atoms with E-state index in [0.717, 1.165) is 17.5 Å². The molecular formula is C16H15ClNO. The van der Waals surface area contributed by atoms with E-state index in [-0.39, 0.29) is 0 Å². The first-order valence-electron chi connectivity index (χ1n) is 6.20. The van der Waals surface area contributed by atoms with Crippen LogP contribution in [0.1, 0.15) is 23.6 Å². The van der Waals surface area contributed by atoms with E-state index in [2.05, 4.69) is 30.4 Å². The van der Waals surface area contributed by atoms with Crippen molar-refractivity contribution in [2.45, 2.75) is 20.0 Å². The van der Waals surface area contributed by atoms with Crippen molar-refractivity contribution in [1.29, 1.82) is 0 Å². The van der Waals surface area contributed by atoms with Gasteiger partial charge in [0, 0.05) is 5.56 Å². The summed E-state index contributed by atoms with van der Waals surface area (Å²) in [4.78, 5) is 5.21. The monoisotopic (exact) mass is 272 g/mol. The Morgan fingerprint density at radius 1 is 1.05 bits per heavy atom. The molecule has 0 aliphatic rings. The first kappa shape index (κ1) is 13.6. The second kappa shape index (κ2) is 6.95. The molecule has 1 radical (unpaired) electrons. The highest BCUT2D eigenvalue weighted by atomic mass is 35.5. The minimum absolute atomic E-state index is 0.432. The fourth-order valence-corrected chi connectivity index (χ4v) is 1.79. The zero-order valence-electron chi connectivity index (χ0n) is 10.8. The number of benzene rings is 2. The highest BCUT2D eigenvalue weighted by Gasteiger charge is 1.96. The number of halogens is 1. The number of aryl methyl sites for hydroxylation is 1. The van der Waals surface area contributed by atoms with Gasteiger partial charge in [0.05, 0.1) is 5.02 Å².